The molecular formula is C38H60FN5O7S. The van der Waals surface area contributed by atoms with E-state index in [1.807, 2.05) is 6.92 Å². The molecule has 2 saturated heterocycles. The Morgan fingerprint density at radius 1 is 0.865 bits per heavy atom. The number of nitrogens with zero attached hydrogens (tertiary/aromatic N) is 1. The molecule has 4 saturated carbocycles. The summed E-state index contributed by atoms with van der Waals surface area (Å²) in [5, 5.41) is 10.7. The van der Waals surface area contributed by atoms with Crippen molar-refractivity contribution in [3.63, 3.8) is 0 Å². The highest BCUT2D eigenvalue weighted by molar-refractivity contribution is 7.92. The molecule has 2 aliphatic heterocycles. The number of sulfone groups is 1. The summed E-state index contributed by atoms with van der Waals surface area (Å²) < 4.78 is 39.2. The Kier molecular flexibility index (Phi) is 11.4. The zero-order valence-corrected chi connectivity index (χ0v) is 32.1. The van der Waals surface area contributed by atoms with Gasteiger partial charge in [0, 0.05) is 13.1 Å². The van der Waals surface area contributed by atoms with Crippen molar-refractivity contribution >= 4 is 39.4 Å². The highest BCUT2D eigenvalue weighted by Crippen LogP contribution is 2.65. The molecule has 6 rings (SSSR count). The summed E-state index contributed by atoms with van der Waals surface area (Å²) >= 11 is 0. The molecule has 12 nitrogen and oxygen atoms in total. The van der Waals surface area contributed by atoms with Gasteiger partial charge in [-0.05, 0) is 80.0 Å². The van der Waals surface area contributed by atoms with Crippen LogP contribution >= 0.6 is 0 Å². The van der Waals surface area contributed by atoms with Crippen molar-refractivity contribution in [1.82, 2.24) is 26.2 Å². The van der Waals surface area contributed by atoms with Crippen molar-refractivity contribution in [2.45, 2.75) is 152 Å². The minimum atomic E-state index is -3.37. The number of hydrogen-bond donors (Lipinski definition) is 4. The predicted molar refractivity (Wildman–Crippen MR) is 193 cm³/mol. The van der Waals surface area contributed by atoms with E-state index in [4.69, 9.17) is 0 Å². The maximum atomic E-state index is 14.9. The SMILES string of the molecule is CC1([C@H](NC(=O)NC2([C@H]3CCCS3(=O)=O)CCCCC2)C(=O)N2C[C@H]3[C@@H]([C@H]2C(=O)N[C@@H](CCC2CC2)C(=O)C(=O)NCCF)C3(C)C)CCCCC1. The molecule has 0 unspecified atom stereocenters. The fourth-order valence-electron chi connectivity index (χ4n) is 10.4. The average molecular weight is 750 g/mol. The number of rotatable bonds is 14. The zero-order valence-electron chi connectivity index (χ0n) is 31.3. The second kappa shape index (κ2) is 15.2. The number of alkyl halides is 1. The highest BCUT2D eigenvalue weighted by Gasteiger charge is 2.70. The van der Waals surface area contributed by atoms with Gasteiger partial charge in [-0.15, -0.1) is 0 Å². The van der Waals surface area contributed by atoms with Gasteiger partial charge in [-0.3, -0.25) is 19.2 Å². The maximum Gasteiger partial charge on any atom is 0.315 e. The van der Waals surface area contributed by atoms with Crippen LogP contribution in [0, 0.1) is 28.6 Å². The van der Waals surface area contributed by atoms with E-state index in [1.165, 1.54) is 0 Å². The second-order valence-electron chi connectivity index (χ2n) is 17.7. The van der Waals surface area contributed by atoms with Crippen LogP contribution in [0.25, 0.3) is 0 Å². The van der Waals surface area contributed by atoms with E-state index < -0.39 is 74.5 Å². The van der Waals surface area contributed by atoms with Crippen molar-refractivity contribution in [2.24, 2.45) is 28.6 Å². The van der Waals surface area contributed by atoms with Crippen molar-refractivity contribution in [3.8, 4) is 0 Å². The van der Waals surface area contributed by atoms with Gasteiger partial charge in [-0.2, -0.15) is 0 Å². The van der Waals surface area contributed by atoms with Gasteiger partial charge in [0.1, 0.15) is 18.8 Å². The average Bonchev–Trinajstić information content (AvgIpc) is 3.91. The number of Topliss-reactive ketones (excluding diaryl/α,β-unsaturated/α-hetero) is 1. The fourth-order valence-corrected chi connectivity index (χ4v) is 12.8. The topological polar surface area (TPSA) is 171 Å². The third-order valence-corrected chi connectivity index (χ3v) is 16.2. The largest absolute Gasteiger partial charge is 0.347 e. The van der Waals surface area contributed by atoms with Crippen molar-refractivity contribution in [3.05, 3.63) is 0 Å². The Morgan fingerprint density at radius 3 is 2.12 bits per heavy atom. The third kappa shape index (κ3) is 7.87. The van der Waals surface area contributed by atoms with Crippen LogP contribution < -0.4 is 21.3 Å². The molecule has 4 N–H and O–H groups in total. The smallest absolute Gasteiger partial charge is 0.315 e. The van der Waals surface area contributed by atoms with Gasteiger partial charge >= 0.3 is 6.03 Å². The molecule has 0 spiro atoms. The number of ketones is 1. The van der Waals surface area contributed by atoms with E-state index in [2.05, 4.69) is 35.1 Å². The Labute approximate surface area is 308 Å². The Hall–Kier alpha value is -2.77. The van der Waals surface area contributed by atoms with E-state index in [9.17, 15) is 36.8 Å². The summed E-state index contributed by atoms with van der Waals surface area (Å²) in [5.74, 6) is -2.17. The quantitative estimate of drug-likeness (QED) is 0.196. The minimum absolute atomic E-state index is 0.0485. The number of urea groups is 1. The highest BCUT2D eigenvalue weighted by atomic mass is 32.2. The first kappa shape index (κ1) is 38.9. The molecule has 5 amide bonds. The number of hydrogen-bond acceptors (Lipinski definition) is 7. The van der Waals surface area contributed by atoms with E-state index in [1.54, 1.807) is 4.90 Å². The second-order valence-corrected chi connectivity index (χ2v) is 20.0. The first-order valence-electron chi connectivity index (χ1n) is 19.9. The van der Waals surface area contributed by atoms with Crippen LogP contribution in [0.3, 0.4) is 0 Å². The molecule has 4 aliphatic carbocycles. The lowest BCUT2D eigenvalue weighted by atomic mass is 9.70. The summed E-state index contributed by atoms with van der Waals surface area (Å²) in [5.41, 5.74) is -1.70. The molecule has 0 aromatic carbocycles. The molecule has 6 fully saturated rings. The van der Waals surface area contributed by atoms with E-state index in [0.29, 0.717) is 57.4 Å². The Bertz CT molecular complexity index is 1500. The van der Waals surface area contributed by atoms with Crippen molar-refractivity contribution in [1.29, 1.82) is 0 Å². The van der Waals surface area contributed by atoms with Gasteiger partial charge in [0.25, 0.3) is 5.91 Å². The third-order valence-electron chi connectivity index (χ3n) is 13.8. The van der Waals surface area contributed by atoms with E-state index in [-0.39, 0.29) is 41.9 Å². The Morgan fingerprint density at radius 2 is 1.52 bits per heavy atom. The van der Waals surface area contributed by atoms with Crippen LogP contribution in [-0.4, -0.2) is 97.3 Å². The predicted octanol–water partition coefficient (Wildman–Crippen LogP) is 3.72. The molecule has 6 aliphatic rings. The number of amides is 5. The molecule has 0 bridgehead atoms. The normalized spacial score (nSPS) is 30.7. The van der Waals surface area contributed by atoms with Gasteiger partial charge in [0.15, 0.2) is 9.84 Å². The fraction of sp³-hybridized carbons (Fsp3) is 0.868. The molecule has 2 heterocycles. The number of fused-ring (bicyclic) bond motifs is 1. The van der Waals surface area contributed by atoms with Crippen molar-refractivity contribution < 1.29 is 36.8 Å². The molecule has 52 heavy (non-hydrogen) atoms. The number of carbonyl (C=O) groups is 5. The Balaban J connectivity index is 1.24. The summed E-state index contributed by atoms with van der Waals surface area (Å²) in [6.45, 7) is 5.36. The lowest BCUT2D eigenvalue weighted by molar-refractivity contribution is -0.146. The van der Waals surface area contributed by atoms with E-state index >= 15 is 0 Å². The van der Waals surface area contributed by atoms with Crippen LogP contribution in [0.5, 0.6) is 0 Å². The number of halogens is 1. The van der Waals surface area contributed by atoms with Crippen molar-refractivity contribution in [2.75, 3.05) is 25.5 Å². The van der Waals surface area contributed by atoms with Crippen LogP contribution in [0.2, 0.25) is 0 Å². The van der Waals surface area contributed by atoms with Gasteiger partial charge in [0.2, 0.25) is 17.6 Å². The summed E-state index contributed by atoms with van der Waals surface area (Å²) in [6, 6.07) is -3.50. The summed E-state index contributed by atoms with van der Waals surface area (Å²) in [4.78, 5) is 70.8. The first-order valence-corrected chi connectivity index (χ1v) is 21.6. The van der Waals surface area contributed by atoms with Crippen LogP contribution in [-0.2, 0) is 29.0 Å². The molecule has 6 atom stereocenters. The minimum Gasteiger partial charge on any atom is -0.347 e. The lowest BCUT2D eigenvalue weighted by Crippen LogP contribution is -2.66. The molecule has 0 radical (unpaired) electrons. The zero-order chi connectivity index (χ0) is 37.5. The molecule has 292 valence electrons. The molecule has 0 aromatic heterocycles. The molecule has 0 aromatic rings. The summed E-state index contributed by atoms with van der Waals surface area (Å²) in [6.07, 6.45) is 12.1. The lowest BCUT2D eigenvalue weighted by Gasteiger charge is -2.45. The summed E-state index contributed by atoms with van der Waals surface area (Å²) in [7, 11) is -3.37. The van der Waals surface area contributed by atoms with Gasteiger partial charge in [-0.25, -0.2) is 17.6 Å². The number of nitrogens with one attached hydrogen (secondary N) is 4. The number of carbonyl (C=O) groups excluding carboxylic acids is 5. The number of likely N-dealkylation sites (tertiary alicyclic amines) is 1. The van der Waals surface area contributed by atoms with Gasteiger partial charge < -0.3 is 26.2 Å². The maximum absolute atomic E-state index is 14.9. The van der Waals surface area contributed by atoms with Crippen LogP contribution in [0.15, 0.2) is 0 Å². The van der Waals surface area contributed by atoms with Crippen LogP contribution in [0.1, 0.15) is 124 Å². The van der Waals surface area contributed by atoms with Gasteiger partial charge in [-0.1, -0.05) is 72.1 Å². The van der Waals surface area contributed by atoms with E-state index in [0.717, 1.165) is 51.4 Å². The standard InChI is InChI=1S/C38H60FN5O7S/c1-36(2)25-23-44(29(28(25)36)32(46)41-26(15-14-24-12-13-24)30(45)33(47)40-21-20-39)34(48)31(37(3)16-6-4-7-17-37)42-35(49)43-38(18-8-5-9-19-38)27-11-10-22-52(27,50)51/h24-29,31H,4-23H2,1-3H3,(H,40,47)(H,41,46)(H2,42,43,49)/t25-,26-,27+,28-,29-,31+/m0/s1. The first-order chi connectivity index (χ1) is 24.6. The monoisotopic (exact) mass is 749 g/mol. The number of piperidine rings is 1. The van der Waals surface area contributed by atoms with Gasteiger partial charge in [0.05, 0.1) is 22.6 Å². The molecular weight excluding hydrogens is 690 g/mol. The molecule has 14 heteroatoms. The van der Waals surface area contributed by atoms with Crippen LogP contribution in [0.4, 0.5) is 9.18 Å².